The van der Waals surface area contributed by atoms with Crippen molar-refractivity contribution in [1.29, 1.82) is 0 Å². The van der Waals surface area contributed by atoms with Crippen molar-refractivity contribution < 1.29 is 18.0 Å². The minimum atomic E-state index is -3.90. The molecule has 0 atom stereocenters. The van der Waals surface area contributed by atoms with Crippen LogP contribution in [0.15, 0.2) is 47.4 Å². The van der Waals surface area contributed by atoms with E-state index in [9.17, 15) is 18.0 Å². The Labute approximate surface area is 133 Å². The van der Waals surface area contributed by atoms with Crippen molar-refractivity contribution in [2.75, 3.05) is 5.32 Å². The molecule has 2 amide bonds. The van der Waals surface area contributed by atoms with Crippen LogP contribution in [0.4, 0.5) is 5.69 Å². The van der Waals surface area contributed by atoms with E-state index in [1.54, 1.807) is 13.0 Å². The van der Waals surface area contributed by atoms with Gasteiger partial charge in [0.1, 0.15) is 0 Å². The third kappa shape index (κ3) is 4.15. The number of anilines is 1. The van der Waals surface area contributed by atoms with E-state index in [1.165, 1.54) is 36.4 Å². The van der Waals surface area contributed by atoms with Crippen molar-refractivity contribution in [3.63, 3.8) is 0 Å². The van der Waals surface area contributed by atoms with Gasteiger partial charge in [0.25, 0.3) is 5.91 Å². The predicted octanol–water partition coefficient (Wildman–Crippen LogP) is 0.994. The second-order valence-corrected chi connectivity index (χ2v) is 6.54. The van der Waals surface area contributed by atoms with Gasteiger partial charge in [0.15, 0.2) is 0 Å². The molecule has 0 bridgehead atoms. The molecule has 0 unspecified atom stereocenters. The van der Waals surface area contributed by atoms with Crippen LogP contribution in [0.1, 0.15) is 26.3 Å². The number of nitrogens with two attached hydrogens (primary N) is 2. The average molecular weight is 333 g/mol. The maximum absolute atomic E-state index is 12.2. The molecule has 0 saturated heterocycles. The molecule has 0 aliphatic heterocycles. The summed E-state index contributed by atoms with van der Waals surface area (Å²) in [6.07, 6.45) is 0. The van der Waals surface area contributed by atoms with Crippen molar-refractivity contribution in [2.45, 2.75) is 11.8 Å². The van der Waals surface area contributed by atoms with E-state index in [4.69, 9.17) is 10.9 Å². The lowest BCUT2D eigenvalue weighted by Gasteiger charge is -2.08. The van der Waals surface area contributed by atoms with Gasteiger partial charge in [0.05, 0.1) is 4.90 Å². The summed E-state index contributed by atoms with van der Waals surface area (Å²) in [5.74, 6) is -1.07. The summed E-state index contributed by atoms with van der Waals surface area (Å²) in [6.45, 7) is 1.66. The van der Waals surface area contributed by atoms with Gasteiger partial charge < -0.3 is 11.1 Å². The maximum atomic E-state index is 12.2. The van der Waals surface area contributed by atoms with E-state index in [-0.39, 0.29) is 10.5 Å². The van der Waals surface area contributed by atoms with Crippen LogP contribution in [0.2, 0.25) is 0 Å². The summed E-state index contributed by atoms with van der Waals surface area (Å²) in [5, 5.41) is 7.69. The first-order chi connectivity index (χ1) is 10.7. The normalized spacial score (nSPS) is 11.0. The molecular weight excluding hydrogens is 318 g/mol. The van der Waals surface area contributed by atoms with Crippen molar-refractivity contribution in [2.24, 2.45) is 10.9 Å². The summed E-state index contributed by atoms with van der Waals surface area (Å²) in [6, 6.07) is 10.1. The summed E-state index contributed by atoms with van der Waals surface area (Å²) in [5.41, 5.74) is 6.64. The molecule has 0 saturated carbocycles. The van der Waals surface area contributed by atoms with Crippen LogP contribution in [0.3, 0.4) is 0 Å². The molecule has 23 heavy (non-hydrogen) atoms. The highest BCUT2D eigenvalue weighted by Gasteiger charge is 2.14. The fourth-order valence-corrected chi connectivity index (χ4v) is 2.61. The van der Waals surface area contributed by atoms with Crippen LogP contribution >= 0.6 is 0 Å². The van der Waals surface area contributed by atoms with E-state index in [1.807, 2.05) is 0 Å². The van der Waals surface area contributed by atoms with E-state index < -0.39 is 21.8 Å². The number of carbonyl (C=O) groups excluding carboxylic acids is 2. The van der Waals surface area contributed by atoms with Gasteiger partial charge in [-0.3, -0.25) is 9.59 Å². The Morgan fingerprint density at radius 2 is 1.61 bits per heavy atom. The largest absolute Gasteiger partial charge is 0.366 e. The van der Waals surface area contributed by atoms with Crippen LogP contribution in [0.25, 0.3) is 0 Å². The van der Waals surface area contributed by atoms with Crippen molar-refractivity contribution in [3.8, 4) is 0 Å². The molecule has 2 aromatic rings. The number of hydrogen-bond donors (Lipinski definition) is 3. The van der Waals surface area contributed by atoms with Crippen LogP contribution in [-0.4, -0.2) is 20.2 Å². The Morgan fingerprint density at radius 3 is 2.13 bits per heavy atom. The van der Waals surface area contributed by atoms with Gasteiger partial charge in [-0.1, -0.05) is 0 Å². The van der Waals surface area contributed by atoms with Crippen LogP contribution < -0.4 is 16.2 Å². The highest BCUT2D eigenvalue weighted by atomic mass is 32.2. The second kappa shape index (κ2) is 6.19. The molecule has 2 rings (SSSR count). The van der Waals surface area contributed by atoms with Gasteiger partial charge in [-0.15, -0.1) is 0 Å². The Bertz CT molecular complexity index is 874. The fourth-order valence-electron chi connectivity index (χ4n) is 1.96. The zero-order valence-electron chi connectivity index (χ0n) is 12.2. The van der Waals surface area contributed by atoms with Gasteiger partial charge in [-0.2, -0.15) is 0 Å². The minimum Gasteiger partial charge on any atom is -0.366 e. The quantitative estimate of drug-likeness (QED) is 0.769. The number of sulfonamides is 1. The highest BCUT2D eigenvalue weighted by molar-refractivity contribution is 7.89. The fraction of sp³-hybridized carbons (Fsp3) is 0.0667. The molecule has 0 spiro atoms. The molecule has 120 valence electrons. The zero-order valence-corrected chi connectivity index (χ0v) is 13.1. The SMILES string of the molecule is Cc1cc(C(=O)Nc2ccc(C(N)=O)cc2)cc(S(N)(=O)=O)c1. The Balaban J connectivity index is 2.27. The Hall–Kier alpha value is -2.71. The van der Waals surface area contributed by atoms with E-state index >= 15 is 0 Å². The molecule has 2 aromatic carbocycles. The number of primary amides is 1. The number of hydrogen-bond acceptors (Lipinski definition) is 4. The minimum absolute atomic E-state index is 0.133. The molecular formula is C15H15N3O4S. The molecule has 0 aliphatic carbocycles. The zero-order chi connectivity index (χ0) is 17.2. The number of rotatable bonds is 4. The second-order valence-electron chi connectivity index (χ2n) is 4.98. The topological polar surface area (TPSA) is 132 Å². The van der Waals surface area contributed by atoms with E-state index in [2.05, 4.69) is 5.32 Å². The van der Waals surface area contributed by atoms with E-state index in [0.717, 1.165) is 0 Å². The lowest BCUT2D eigenvalue weighted by Crippen LogP contribution is -2.16. The Morgan fingerprint density at radius 1 is 1.00 bits per heavy atom. The standard InChI is InChI=1S/C15H15N3O4S/c1-9-6-11(8-13(7-9)23(17,21)22)15(20)18-12-4-2-10(3-5-12)14(16)19/h2-8H,1H3,(H2,16,19)(H,18,20)(H2,17,21,22). The monoisotopic (exact) mass is 333 g/mol. The Kier molecular flexibility index (Phi) is 4.48. The van der Waals surface area contributed by atoms with Gasteiger partial charge in [0.2, 0.25) is 15.9 Å². The van der Waals surface area contributed by atoms with Crippen LogP contribution in [-0.2, 0) is 10.0 Å². The third-order valence-electron chi connectivity index (χ3n) is 3.07. The number of primary sulfonamides is 1. The first-order valence-corrected chi connectivity index (χ1v) is 8.07. The number of aryl methyl sites for hydroxylation is 1. The lowest BCUT2D eigenvalue weighted by atomic mass is 10.1. The molecule has 0 aromatic heterocycles. The summed E-state index contributed by atoms with van der Waals surface area (Å²) < 4.78 is 22.8. The molecule has 8 heteroatoms. The van der Waals surface area contributed by atoms with Crippen molar-refractivity contribution in [1.82, 2.24) is 0 Å². The lowest BCUT2D eigenvalue weighted by molar-refractivity contribution is 0.0998. The van der Waals surface area contributed by atoms with Gasteiger partial charge in [-0.25, -0.2) is 13.6 Å². The average Bonchev–Trinajstić information content (AvgIpc) is 2.46. The molecule has 7 nitrogen and oxygen atoms in total. The van der Waals surface area contributed by atoms with Crippen molar-refractivity contribution >= 4 is 27.5 Å². The number of carbonyl (C=O) groups is 2. The van der Waals surface area contributed by atoms with Gasteiger partial charge in [0, 0.05) is 16.8 Å². The number of amides is 2. The predicted molar refractivity (Wildman–Crippen MR) is 85.5 cm³/mol. The van der Waals surface area contributed by atoms with E-state index in [0.29, 0.717) is 16.8 Å². The van der Waals surface area contributed by atoms with Gasteiger partial charge >= 0.3 is 0 Å². The molecule has 0 heterocycles. The summed E-state index contributed by atoms with van der Waals surface area (Å²) >= 11 is 0. The molecule has 0 fully saturated rings. The molecule has 0 radical (unpaired) electrons. The molecule has 5 N–H and O–H groups in total. The highest BCUT2D eigenvalue weighted by Crippen LogP contribution is 2.16. The maximum Gasteiger partial charge on any atom is 0.255 e. The number of nitrogens with one attached hydrogen (secondary N) is 1. The first kappa shape index (κ1) is 16.7. The molecule has 0 aliphatic rings. The summed E-state index contributed by atoms with van der Waals surface area (Å²) in [4.78, 5) is 23.1. The van der Waals surface area contributed by atoms with Gasteiger partial charge in [-0.05, 0) is 55.0 Å². The third-order valence-corrected chi connectivity index (χ3v) is 3.96. The first-order valence-electron chi connectivity index (χ1n) is 6.52. The smallest absolute Gasteiger partial charge is 0.255 e. The van der Waals surface area contributed by atoms with Crippen molar-refractivity contribution in [3.05, 3.63) is 59.2 Å². The number of benzene rings is 2. The van der Waals surface area contributed by atoms with Crippen LogP contribution in [0.5, 0.6) is 0 Å². The summed E-state index contributed by atoms with van der Waals surface area (Å²) in [7, 11) is -3.90. The van der Waals surface area contributed by atoms with Crippen LogP contribution in [0, 0.1) is 6.92 Å².